The number of benzene rings is 2. The molecule has 2 rings (SSSR count). The highest BCUT2D eigenvalue weighted by Gasteiger charge is 2.09. The van der Waals surface area contributed by atoms with E-state index < -0.39 is 0 Å². The summed E-state index contributed by atoms with van der Waals surface area (Å²) < 4.78 is 0. The second-order valence-corrected chi connectivity index (χ2v) is 4.67. The minimum absolute atomic E-state index is 0.179. The maximum atomic E-state index is 12.1. The third-order valence-corrected chi connectivity index (χ3v) is 3.08. The molecule has 0 saturated heterocycles. The Morgan fingerprint density at radius 1 is 1.26 bits per heavy atom. The molecule has 0 aromatic heterocycles. The van der Waals surface area contributed by atoms with Crippen LogP contribution in [-0.2, 0) is 6.42 Å². The van der Waals surface area contributed by atoms with Gasteiger partial charge in [-0.1, -0.05) is 24.6 Å². The third kappa shape index (κ3) is 3.26. The van der Waals surface area contributed by atoms with Crippen LogP contribution in [0.25, 0.3) is 0 Å². The Labute approximate surface area is 117 Å². The van der Waals surface area contributed by atoms with E-state index in [1.54, 1.807) is 30.3 Å². The number of nitrogens with two attached hydrogens (primary N) is 1. The van der Waals surface area contributed by atoms with Crippen molar-refractivity contribution in [2.75, 3.05) is 11.1 Å². The van der Waals surface area contributed by atoms with Gasteiger partial charge in [-0.05, 0) is 48.4 Å². The fraction of sp³-hybridized carbons (Fsp3) is 0.133. The van der Waals surface area contributed by atoms with E-state index in [2.05, 4.69) is 5.32 Å². The number of rotatable bonds is 3. The number of hydrogen-bond donors (Lipinski definition) is 2. The van der Waals surface area contributed by atoms with Gasteiger partial charge in [0.1, 0.15) is 0 Å². The Hall–Kier alpha value is -2.00. The zero-order valence-corrected chi connectivity index (χ0v) is 11.4. The van der Waals surface area contributed by atoms with Crippen LogP contribution in [0.1, 0.15) is 22.8 Å². The second-order valence-electron chi connectivity index (χ2n) is 4.23. The number of aryl methyl sites for hydroxylation is 1. The van der Waals surface area contributed by atoms with Crippen LogP contribution >= 0.6 is 11.6 Å². The van der Waals surface area contributed by atoms with E-state index in [9.17, 15) is 4.79 Å². The zero-order chi connectivity index (χ0) is 13.8. The van der Waals surface area contributed by atoms with Crippen LogP contribution in [0, 0.1) is 0 Å². The fourth-order valence-electron chi connectivity index (χ4n) is 1.85. The largest absolute Gasteiger partial charge is 0.399 e. The Morgan fingerprint density at radius 3 is 2.74 bits per heavy atom. The van der Waals surface area contributed by atoms with Crippen LogP contribution in [-0.4, -0.2) is 5.91 Å². The Morgan fingerprint density at radius 2 is 2.05 bits per heavy atom. The fourth-order valence-corrected chi connectivity index (χ4v) is 2.04. The molecule has 0 heterocycles. The quantitative estimate of drug-likeness (QED) is 0.838. The molecule has 98 valence electrons. The number of halogens is 1. The molecule has 3 nitrogen and oxygen atoms in total. The first kappa shape index (κ1) is 13.4. The number of anilines is 2. The van der Waals surface area contributed by atoms with E-state index in [4.69, 9.17) is 17.3 Å². The van der Waals surface area contributed by atoms with Gasteiger partial charge in [0.15, 0.2) is 0 Å². The lowest BCUT2D eigenvalue weighted by Gasteiger charge is -2.11. The summed E-state index contributed by atoms with van der Waals surface area (Å²) in [7, 11) is 0. The van der Waals surface area contributed by atoms with Crippen molar-refractivity contribution in [3.05, 3.63) is 58.6 Å². The van der Waals surface area contributed by atoms with Crippen LogP contribution in [0.2, 0.25) is 5.02 Å². The molecule has 0 bridgehead atoms. The van der Waals surface area contributed by atoms with Crippen LogP contribution in [0.15, 0.2) is 42.5 Å². The SMILES string of the molecule is CCc1cc(N)ccc1NC(=O)c1cccc(Cl)c1. The number of nitrogens with one attached hydrogen (secondary N) is 1. The topological polar surface area (TPSA) is 55.1 Å². The smallest absolute Gasteiger partial charge is 0.255 e. The lowest BCUT2D eigenvalue weighted by Crippen LogP contribution is -2.13. The molecular weight excluding hydrogens is 260 g/mol. The van der Waals surface area contributed by atoms with Gasteiger partial charge in [-0.25, -0.2) is 0 Å². The summed E-state index contributed by atoms with van der Waals surface area (Å²) in [5.41, 5.74) is 8.75. The predicted octanol–water partition coefficient (Wildman–Crippen LogP) is 3.74. The van der Waals surface area contributed by atoms with Gasteiger partial charge >= 0.3 is 0 Å². The summed E-state index contributed by atoms with van der Waals surface area (Å²) in [6, 6.07) is 12.3. The first-order valence-electron chi connectivity index (χ1n) is 6.05. The molecule has 1 amide bonds. The Kier molecular flexibility index (Phi) is 4.07. The van der Waals surface area contributed by atoms with Crippen molar-refractivity contribution in [2.45, 2.75) is 13.3 Å². The van der Waals surface area contributed by atoms with Gasteiger partial charge in [-0.15, -0.1) is 0 Å². The average molecular weight is 275 g/mol. The molecule has 3 N–H and O–H groups in total. The molecule has 4 heteroatoms. The molecule has 0 aliphatic heterocycles. The Balaban J connectivity index is 2.24. The highest BCUT2D eigenvalue weighted by Crippen LogP contribution is 2.20. The maximum absolute atomic E-state index is 12.1. The minimum Gasteiger partial charge on any atom is -0.399 e. The van der Waals surface area contributed by atoms with E-state index in [1.807, 2.05) is 19.1 Å². The molecule has 2 aromatic rings. The lowest BCUT2D eigenvalue weighted by atomic mass is 10.1. The van der Waals surface area contributed by atoms with Gasteiger partial charge in [-0.2, -0.15) is 0 Å². The molecule has 19 heavy (non-hydrogen) atoms. The van der Waals surface area contributed by atoms with Gasteiger partial charge in [0.25, 0.3) is 5.91 Å². The highest BCUT2D eigenvalue weighted by atomic mass is 35.5. The summed E-state index contributed by atoms with van der Waals surface area (Å²) in [4.78, 5) is 12.1. The standard InChI is InChI=1S/C15H15ClN2O/c1-2-10-9-13(17)6-7-14(10)18-15(19)11-4-3-5-12(16)8-11/h3-9H,2,17H2,1H3,(H,18,19). The molecule has 0 aliphatic carbocycles. The molecule has 0 unspecified atom stereocenters. The molecular formula is C15H15ClN2O. The molecule has 0 aliphatic rings. The van der Waals surface area contributed by atoms with Gasteiger partial charge < -0.3 is 11.1 Å². The zero-order valence-electron chi connectivity index (χ0n) is 10.6. The summed E-state index contributed by atoms with van der Waals surface area (Å²) in [6.07, 6.45) is 0.802. The molecule has 2 aromatic carbocycles. The number of nitrogen functional groups attached to an aromatic ring is 1. The first-order chi connectivity index (χ1) is 9.10. The Bertz CT molecular complexity index is 611. The monoisotopic (exact) mass is 274 g/mol. The van der Waals surface area contributed by atoms with Crippen molar-refractivity contribution in [3.8, 4) is 0 Å². The molecule has 0 saturated carbocycles. The van der Waals surface area contributed by atoms with Gasteiger partial charge in [-0.3, -0.25) is 4.79 Å². The molecule has 0 fully saturated rings. The molecule has 0 atom stereocenters. The van der Waals surface area contributed by atoms with Crippen LogP contribution in [0.5, 0.6) is 0 Å². The summed E-state index contributed by atoms with van der Waals surface area (Å²) >= 11 is 5.87. The first-order valence-corrected chi connectivity index (χ1v) is 6.43. The van der Waals surface area contributed by atoms with E-state index in [-0.39, 0.29) is 5.91 Å². The van der Waals surface area contributed by atoms with Crippen molar-refractivity contribution in [1.82, 2.24) is 0 Å². The number of hydrogen-bond acceptors (Lipinski definition) is 2. The minimum atomic E-state index is -0.179. The van der Waals surface area contributed by atoms with Crippen molar-refractivity contribution in [3.63, 3.8) is 0 Å². The molecule has 0 radical (unpaired) electrons. The van der Waals surface area contributed by atoms with E-state index >= 15 is 0 Å². The average Bonchev–Trinajstić information content (AvgIpc) is 2.40. The van der Waals surface area contributed by atoms with Crippen molar-refractivity contribution >= 4 is 28.9 Å². The van der Waals surface area contributed by atoms with Crippen LogP contribution < -0.4 is 11.1 Å². The normalized spacial score (nSPS) is 10.2. The van der Waals surface area contributed by atoms with E-state index in [1.165, 1.54) is 0 Å². The van der Waals surface area contributed by atoms with Gasteiger partial charge in [0.05, 0.1) is 0 Å². The number of amides is 1. The number of carbonyl (C=O) groups excluding carboxylic acids is 1. The summed E-state index contributed by atoms with van der Waals surface area (Å²) in [6.45, 7) is 2.02. The summed E-state index contributed by atoms with van der Waals surface area (Å²) in [5.74, 6) is -0.179. The van der Waals surface area contributed by atoms with E-state index in [0.29, 0.717) is 16.3 Å². The number of carbonyl (C=O) groups is 1. The highest BCUT2D eigenvalue weighted by molar-refractivity contribution is 6.31. The third-order valence-electron chi connectivity index (χ3n) is 2.85. The summed E-state index contributed by atoms with van der Waals surface area (Å²) in [5, 5.41) is 3.42. The second kappa shape index (κ2) is 5.76. The van der Waals surface area contributed by atoms with Crippen LogP contribution in [0.4, 0.5) is 11.4 Å². The van der Waals surface area contributed by atoms with Gasteiger partial charge in [0.2, 0.25) is 0 Å². The van der Waals surface area contributed by atoms with E-state index in [0.717, 1.165) is 17.7 Å². The van der Waals surface area contributed by atoms with Gasteiger partial charge in [0, 0.05) is 22.0 Å². The molecule has 0 spiro atoms. The lowest BCUT2D eigenvalue weighted by molar-refractivity contribution is 0.102. The maximum Gasteiger partial charge on any atom is 0.255 e. The van der Waals surface area contributed by atoms with Crippen molar-refractivity contribution < 1.29 is 4.79 Å². The van der Waals surface area contributed by atoms with Crippen molar-refractivity contribution in [1.29, 1.82) is 0 Å². The predicted molar refractivity (Wildman–Crippen MR) is 79.6 cm³/mol. The van der Waals surface area contributed by atoms with Crippen molar-refractivity contribution in [2.24, 2.45) is 0 Å². The van der Waals surface area contributed by atoms with Crippen LogP contribution in [0.3, 0.4) is 0 Å².